The van der Waals surface area contributed by atoms with Crippen LogP contribution in [0.2, 0.25) is 5.02 Å². The number of carbonyl (C=O) groups is 2. The van der Waals surface area contributed by atoms with E-state index in [0.29, 0.717) is 10.7 Å². The average Bonchev–Trinajstić information content (AvgIpc) is 2.96. The van der Waals surface area contributed by atoms with Crippen molar-refractivity contribution in [1.29, 1.82) is 0 Å². The Morgan fingerprint density at radius 1 is 1.07 bits per heavy atom. The predicted octanol–water partition coefficient (Wildman–Crippen LogP) is 3.98. The number of hydrazone groups is 1. The average molecular weight is 413 g/mol. The van der Waals surface area contributed by atoms with Crippen LogP contribution >= 0.6 is 11.6 Å². The summed E-state index contributed by atoms with van der Waals surface area (Å²) in [7, 11) is 0. The number of nitrogens with zero attached hydrogens (tertiary/aromatic N) is 2. The molecule has 0 aliphatic rings. The van der Waals surface area contributed by atoms with Crippen molar-refractivity contribution >= 4 is 35.3 Å². The van der Waals surface area contributed by atoms with E-state index in [1.807, 2.05) is 24.5 Å². The fraction of sp³-hybridized carbons (Fsp3) is 0.0952. The number of hydrogen-bond acceptors (Lipinski definition) is 3. The summed E-state index contributed by atoms with van der Waals surface area (Å²) in [6, 6.07) is 14.5. The molecule has 2 aromatic carbocycles. The van der Waals surface area contributed by atoms with Gasteiger partial charge in [-0.1, -0.05) is 17.7 Å². The zero-order valence-corrected chi connectivity index (χ0v) is 16.5. The summed E-state index contributed by atoms with van der Waals surface area (Å²) in [4.78, 5) is 23.9. The standard InChI is InChI=1S/C21H18ClFN4O2/c1-13-10-15(14(2)27(13)19-8-6-17(23)7-9-19)12-24-26-21(29)20(28)25-18-5-3-4-16(22)11-18/h3-12H,1-2H3,(H,25,28)(H,26,29)/b24-12-. The molecule has 0 aliphatic carbocycles. The normalized spacial score (nSPS) is 10.9. The van der Waals surface area contributed by atoms with E-state index in [0.717, 1.165) is 22.6 Å². The molecule has 2 amide bonds. The molecule has 3 rings (SSSR count). The topological polar surface area (TPSA) is 75.5 Å². The van der Waals surface area contributed by atoms with Crippen LogP contribution in [0, 0.1) is 19.7 Å². The number of benzene rings is 2. The van der Waals surface area contributed by atoms with Gasteiger partial charge in [0.25, 0.3) is 0 Å². The molecule has 0 saturated carbocycles. The van der Waals surface area contributed by atoms with Crippen molar-refractivity contribution in [2.45, 2.75) is 13.8 Å². The molecule has 6 nitrogen and oxygen atoms in total. The Morgan fingerprint density at radius 2 is 1.79 bits per heavy atom. The Hall–Kier alpha value is -3.45. The van der Waals surface area contributed by atoms with Crippen molar-refractivity contribution in [3.05, 3.63) is 82.4 Å². The molecular weight excluding hydrogens is 395 g/mol. The van der Waals surface area contributed by atoms with Crippen LogP contribution in [0.3, 0.4) is 0 Å². The summed E-state index contributed by atoms with van der Waals surface area (Å²) in [5, 5.41) is 6.74. The van der Waals surface area contributed by atoms with E-state index in [4.69, 9.17) is 11.6 Å². The van der Waals surface area contributed by atoms with Gasteiger partial charge in [0.1, 0.15) is 5.82 Å². The van der Waals surface area contributed by atoms with E-state index >= 15 is 0 Å². The van der Waals surface area contributed by atoms with Gasteiger partial charge in [0.2, 0.25) is 0 Å². The van der Waals surface area contributed by atoms with Crippen molar-refractivity contribution in [3.63, 3.8) is 0 Å². The molecule has 0 radical (unpaired) electrons. The van der Waals surface area contributed by atoms with Gasteiger partial charge in [-0.05, 0) is 62.4 Å². The number of nitrogens with one attached hydrogen (secondary N) is 2. The number of aryl methyl sites for hydroxylation is 1. The second kappa shape index (κ2) is 8.70. The maximum atomic E-state index is 13.2. The van der Waals surface area contributed by atoms with Gasteiger partial charge in [-0.3, -0.25) is 9.59 Å². The first-order valence-electron chi connectivity index (χ1n) is 8.70. The Balaban J connectivity index is 1.67. The zero-order chi connectivity index (χ0) is 21.0. The molecule has 148 valence electrons. The highest BCUT2D eigenvalue weighted by Gasteiger charge is 2.14. The van der Waals surface area contributed by atoms with Gasteiger partial charge < -0.3 is 9.88 Å². The first-order valence-corrected chi connectivity index (χ1v) is 9.08. The van der Waals surface area contributed by atoms with Crippen molar-refractivity contribution in [1.82, 2.24) is 9.99 Å². The lowest BCUT2D eigenvalue weighted by molar-refractivity contribution is -0.136. The van der Waals surface area contributed by atoms with Crippen molar-refractivity contribution in [2.75, 3.05) is 5.32 Å². The number of halogens is 2. The fourth-order valence-electron chi connectivity index (χ4n) is 2.87. The molecule has 0 saturated heterocycles. The van der Waals surface area contributed by atoms with Crippen LogP contribution in [0.4, 0.5) is 10.1 Å². The van der Waals surface area contributed by atoms with E-state index in [1.54, 1.807) is 30.3 Å². The molecule has 2 N–H and O–H groups in total. The lowest BCUT2D eigenvalue weighted by Crippen LogP contribution is -2.32. The van der Waals surface area contributed by atoms with Gasteiger partial charge in [0.15, 0.2) is 0 Å². The molecule has 0 atom stereocenters. The smallest absolute Gasteiger partial charge is 0.318 e. The maximum absolute atomic E-state index is 13.2. The van der Waals surface area contributed by atoms with E-state index in [1.165, 1.54) is 24.4 Å². The molecule has 0 spiro atoms. The molecule has 0 unspecified atom stereocenters. The number of anilines is 1. The van der Waals surface area contributed by atoms with Gasteiger partial charge in [-0.25, -0.2) is 9.82 Å². The summed E-state index contributed by atoms with van der Waals surface area (Å²) >= 11 is 5.84. The highest BCUT2D eigenvalue weighted by atomic mass is 35.5. The van der Waals surface area contributed by atoms with Crippen LogP contribution in [0.1, 0.15) is 17.0 Å². The summed E-state index contributed by atoms with van der Waals surface area (Å²) in [5.41, 5.74) is 5.94. The highest BCUT2D eigenvalue weighted by Crippen LogP contribution is 2.20. The molecular formula is C21H18ClFN4O2. The summed E-state index contributed by atoms with van der Waals surface area (Å²) in [5.74, 6) is -2.08. The van der Waals surface area contributed by atoms with Crippen molar-refractivity contribution in [3.8, 4) is 5.69 Å². The molecule has 29 heavy (non-hydrogen) atoms. The molecule has 3 aromatic rings. The Bertz CT molecular complexity index is 1090. The Morgan fingerprint density at radius 3 is 2.48 bits per heavy atom. The summed E-state index contributed by atoms with van der Waals surface area (Å²) < 4.78 is 15.1. The van der Waals surface area contributed by atoms with Gasteiger partial charge in [0, 0.05) is 33.3 Å². The largest absolute Gasteiger partial charge is 0.329 e. The zero-order valence-electron chi connectivity index (χ0n) is 15.7. The quantitative estimate of drug-likeness (QED) is 0.386. The molecule has 0 aliphatic heterocycles. The van der Waals surface area contributed by atoms with Gasteiger partial charge in [-0.2, -0.15) is 5.10 Å². The van der Waals surface area contributed by atoms with Crippen LogP contribution in [0.25, 0.3) is 5.69 Å². The third-order valence-corrected chi connectivity index (χ3v) is 4.45. The minimum atomic E-state index is -0.909. The SMILES string of the molecule is Cc1cc(/C=N\NC(=O)C(=O)Nc2cccc(Cl)c2)c(C)n1-c1ccc(F)cc1. The number of carbonyl (C=O) groups excluding carboxylic acids is 2. The molecule has 1 aromatic heterocycles. The first-order chi connectivity index (χ1) is 13.8. The van der Waals surface area contributed by atoms with Crippen molar-refractivity contribution < 1.29 is 14.0 Å². The van der Waals surface area contributed by atoms with Crippen LogP contribution in [-0.2, 0) is 9.59 Å². The second-order valence-electron chi connectivity index (χ2n) is 6.30. The monoisotopic (exact) mass is 412 g/mol. The maximum Gasteiger partial charge on any atom is 0.329 e. The lowest BCUT2D eigenvalue weighted by Gasteiger charge is -2.09. The van der Waals surface area contributed by atoms with Crippen molar-refractivity contribution in [2.24, 2.45) is 5.10 Å². The van der Waals surface area contributed by atoms with Gasteiger partial charge in [-0.15, -0.1) is 0 Å². The Labute approximate surface area is 172 Å². The fourth-order valence-corrected chi connectivity index (χ4v) is 3.06. The number of hydrogen-bond donors (Lipinski definition) is 2. The Kier molecular flexibility index (Phi) is 6.09. The minimum Gasteiger partial charge on any atom is -0.318 e. The minimum absolute atomic E-state index is 0.309. The molecule has 1 heterocycles. The highest BCUT2D eigenvalue weighted by molar-refractivity contribution is 6.39. The lowest BCUT2D eigenvalue weighted by atomic mass is 10.2. The number of rotatable bonds is 4. The first kappa shape index (κ1) is 20.3. The third kappa shape index (κ3) is 4.89. The molecule has 0 bridgehead atoms. The number of amides is 2. The molecule has 0 fully saturated rings. The van der Waals surface area contributed by atoms with E-state index < -0.39 is 11.8 Å². The van der Waals surface area contributed by atoms with Gasteiger partial charge >= 0.3 is 11.8 Å². The van der Waals surface area contributed by atoms with E-state index in [2.05, 4.69) is 15.8 Å². The van der Waals surface area contributed by atoms with E-state index in [9.17, 15) is 14.0 Å². The molecule has 8 heteroatoms. The van der Waals surface area contributed by atoms with Crippen LogP contribution in [-0.4, -0.2) is 22.6 Å². The number of aromatic nitrogens is 1. The second-order valence-corrected chi connectivity index (χ2v) is 6.74. The third-order valence-electron chi connectivity index (χ3n) is 4.21. The van der Waals surface area contributed by atoms with Crippen LogP contribution < -0.4 is 10.7 Å². The predicted molar refractivity (Wildman–Crippen MR) is 111 cm³/mol. The van der Waals surface area contributed by atoms with E-state index in [-0.39, 0.29) is 5.82 Å². The van der Waals surface area contributed by atoms with Crippen LogP contribution in [0.5, 0.6) is 0 Å². The summed E-state index contributed by atoms with van der Waals surface area (Å²) in [6.07, 6.45) is 1.45. The summed E-state index contributed by atoms with van der Waals surface area (Å²) in [6.45, 7) is 3.79. The van der Waals surface area contributed by atoms with Gasteiger partial charge in [0.05, 0.1) is 6.21 Å². The van der Waals surface area contributed by atoms with Crippen LogP contribution in [0.15, 0.2) is 59.7 Å².